The molecule has 23 heavy (non-hydrogen) atoms. The van der Waals surface area contributed by atoms with Crippen LogP contribution in [0.2, 0.25) is 0 Å². The van der Waals surface area contributed by atoms with Gasteiger partial charge >= 0.3 is 5.97 Å². The summed E-state index contributed by atoms with van der Waals surface area (Å²) in [4.78, 5) is 17.1. The summed E-state index contributed by atoms with van der Waals surface area (Å²) in [6.07, 6.45) is 6.35. The Labute approximate surface area is 142 Å². The van der Waals surface area contributed by atoms with Crippen molar-refractivity contribution in [3.63, 3.8) is 0 Å². The summed E-state index contributed by atoms with van der Waals surface area (Å²) >= 11 is 0. The number of hydrogen-bond donors (Lipinski definition) is 0. The van der Waals surface area contributed by atoms with Crippen molar-refractivity contribution in [2.45, 2.75) is 71.9 Å². The third-order valence-electron chi connectivity index (χ3n) is 5.94. The van der Waals surface area contributed by atoms with Crippen molar-refractivity contribution in [2.24, 2.45) is 11.8 Å². The zero-order chi connectivity index (χ0) is 16.8. The highest BCUT2D eigenvalue weighted by Gasteiger charge is 2.32. The summed E-state index contributed by atoms with van der Waals surface area (Å²) < 4.78 is 5.23. The standard InChI is InChI=1S/C19H36N2O2/c1-5-18(19(22)23-6-2)21-13-11-20(12-14-21)17-9-7-16(8-10-17)15(3)4/h15-18H,5-14H2,1-4H3. The third kappa shape index (κ3) is 4.93. The van der Waals surface area contributed by atoms with E-state index >= 15 is 0 Å². The molecular weight excluding hydrogens is 288 g/mol. The molecule has 134 valence electrons. The largest absolute Gasteiger partial charge is 0.465 e. The molecule has 2 fully saturated rings. The predicted octanol–water partition coefficient (Wildman–Crippen LogP) is 3.16. The zero-order valence-electron chi connectivity index (χ0n) is 15.6. The number of esters is 1. The minimum Gasteiger partial charge on any atom is -0.465 e. The van der Waals surface area contributed by atoms with E-state index in [9.17, 15) is 4.79 Å². The molecular formula is C19H36N2O2. The van der Waals surface area contributed by atoms with E-state index in [1.807, 2.05) is 6.92 Å². The Morgan fingerprint density at radius 1 is 1.04 bits per heavy atom. The molecule has 2 aliphatic rings. The molecule has 1 heterocycles. The number of carbonyl (C=O) groups excluding carboxylic acids is 1. The van der Waals surface area contributed by atoms with Crippen molar-refractivity contribution in [1.82, 2.24) is 9.80 Å². The quantitative estimate of drug-likeness (QED) is 0.703. The van der Waals surface area contributed by atoms with Crippen LogP contribution >= 0.6 is 0 Å². The van der Waals surface area contributed by atoms with Crippen molar-refractivity contribution < 1.29 is 9.53 Å². The highest BCUT2D eigenvalue weighted by molar-refractivity contribution is 5.75. The summed E-state index contributed by atoms with van der Waals surface area (Å²) in [7, 11) is 0. The van der Waals surface area contributed by atoms with Crippen LogP contribution in [0.3, 0.4) is 0 Å². The monoisotopic (exact) mass is 324 g/mol. The molecule has 0 spiro atoms. The lowest BCUT2D eigenvalue weighted by Crippen LogP contribution is -2.55. The van der Waals surface area contributed by atoms with Crippen LogP contribution in [0, 0.1) is 11.8 Å². The van der Waals surface area contributed by atoms with Gasteiger partial charge in [0.25, 0.3) is 0 Å². The second kappa shape index (κ2) is 9.03. The molecule has 2 rings (SSSR count). The Balaban J connectivity index is 1.78. The lowest BCUT2D eigenvalue weighted by Gasteiger charge is -2.43. The SMILES string of the molecule is CCOC(=O)C(CC)N1CCN(C2CCC(C(C)C)CC2)CC1. The number of rotatable bonds is 6. The van der Waals surface area contributed by atoms with E-state index < -0.39 is 0 Å². The molecule has 0 aromatic carbocycles. The van der Waals surface area contributed by atoms with Crippen LogP contribution in [0.1, 0.15) is 59.8 Å². The number of piperazine rings is 1. The van der Waals surface area contributed by atoms with Crippen LogP contribution < -0.4 is 0 Å². The number of nitrogens with zero attached hydrogens (tertiary/aromatic N) is 2. The second-order valence-corrected chi connectivity index (χ2v) is 7.56. The van der Waals surface area contributed by atoms with Crippen LogP contribution in [0.15, 0.2) is 0 Å². The summed E-state index contributed by atoms with van der Waals surface area (Å²) in [5.74, 6) is 1.73. The molecule has 0 bridgehead atoms. The molecule has 0 amide bonds. The Kier molecular flexibility index (Phi) is 7.35. The predicted molar refractivity (Wildman–Crippen MR) is 94.4 cm³/mol. The highest BCUT2D eigenvalue weighted by Crippen LogP contribution is 2.32. The van der Waals surface area contributed by atoms with Gasteiger partial charge in [0.2, 0.25) is 0 Å². The van der Waals surface area contributed by atoms with Crippen LogP contribution in [-0.4, -0.2) is 60.6 Å². The molecule has 1 aliphatic carbocycles. The average Bonchev–Trinajstić information content (AvgIpc) is 2.56. The first-order valence-corrected chi connectivity index (χ1v) is 9.71. The minimum atomic E-state index is -0.0474. The van der Waals surface area contributed by atoms with E-state index in [0.717, 1.165) is 50.5 Å². The molecule has 1 saturated heterocycles. The van der Waals surface area contributed by atoms with E-state index in [2.05, 4.69) is 30.6 Å². The fourth-order valence-electron chi connectivity index (χ4n) is 4.36. The Hall–Kier alpha value is -0.610. The van der Waals surface area contributed by atoms with Gasteiger partial charge in [0, 0.05) is 32.2 Å². The molecule has 0 aromatic heterocycles. The molecule has 4 nitrogen and oxygen atoms in total. The average molecular weight is 325 g/mol. The van der Waals surface area contributed by atoms with Gasteiger partial charge in [-0.25, -0.2) is 0 Å². The summed E-state index contributed by atoms with van der Waals surface area (Å²) in [6.45, 7) is 13.4. The zero-order valence-corrected chi connectivity index (χ0v) is 15.6. The van der Waals surface area contributed by atoms with Crippen molar-refractivity contribution in [3.05, 3.63) is 0 Å². The van der Waals surface area contributed by atoms with Crippen LogP contribution in [0.5, 0.6) is 0 Å². The number of carbonyl (C=O) groups is 1. The lowest BCUT2D eigenvalue weighted by atomic mass is 9.79. The van der Waals surface area contributed by atoms with Crippen molar-refractivity contribution in [3.8, 4) is 0 Å². The Bertz CT molecular complexity index is 356. The van der Waals surface area contributed by atoms with E-state index in [0.29, 0.717) is 6.61 Å². The van der Waals surface area contributed by atoms with Gasteiger partial charge in [-0.2, -0.15) is 0 Å². The minimum absolute atomic E-state index is 0.0408. The molecule has 1 atom stereocenters. The molecule has 0 radical (unpaired) electrons. The van der Waals surface area contributed by atoms with E-state index in [4.69, 9.17) is 4.74 Å². The van der Waals surface area contributed by atoms with Gasteiger partial charge in [-0.3, -0.25) is 14.6 Å². The molecule has 1 unspecified atom stereocenters. The Morgan fingerprint density at radius 3 is 2.13 bits per heavy atom. The smallest absolute Gasteiger partial charge is 0.323 e. The first-order chi connectivity index (χ1) is 11.1. The van der Waals surface area contributed by atoms with Gasteiger partial charge in [-0.1, -0.05) is 20.8 Å². The maximum absolute atomic E-state index is 12.1. The lowest BCUT2D eigenvalue weighted by molar-refractivity contribution is -0.150. The van der Waals surface area contributed by atoms with Gasteiger partial charge < -0.3 is 4.74 Å². The number of ether oxygens (including phenoxy) is 1. The first kappa shape index (κ1) is 18.7. The summed E-state index contributed by atoms with van der Waals surface area (Å²) in [5.41, 5.74) is 0. The van der Waals surface area contributed by atoms with Gasteiger partial charge in [0.1, 0.15) is 6.04 Å². The highest BCUT2D eigenvalue weighted by atomic mass is 16.5. The molecule has 4 heteroatoms. The van der Waals surface area contributed by atoms with Gasteiger partial charge in [0.15, 0.2) is 0 Å². The van der Waals surface area contributed by atoms with Crippen LogP contribution in [-0.2, 0) is 9.53 Å². The van der Waals surface area contributed by atoms with Gasteiger partial charge in [0.05, 0.1) is 6.61 Å². The third-order valence-corrected chi connectivity index (χ3v) is 5.94. The van der Waals surface area contributed by atoms with Gasteiger partial charge in [-0.15, -0.1) is 0 Å². The van der Waals surface area contributed by atoms with Crippen molar-refractivity contribution in [1.29, 1.82) is 0 Å². The first-order valence-electron chi connectivity index (χ1n) is 9.71. The summed E-state index contributed by atoms with van der Waals surface area (Å²) in [5, 5.41) is 0. The topological polar surface area (TPSA) is 32.8 Å². The van der Waals surface area contributed by atoms with Gasteiger partial charge in [-0.05, 0) is 50.9 Å². The van der Waals surface area contributed by atoms with Crippen LogP contribution in [0.4, 0.5) is 0 Å². The van der Waals surface area contributed by atoms with E-state index in [-0.39, 0.29) is 12.0 Å². The van der Waals surface area contributed by atoms with Crippen molar-refractivity contribution >= 4 is 5.97 Å². The second-order valence-electron chi connectivity index (χ2n) is 7.56. The normalized spacial score (nSPS) is 28.7. The maximum atomic E-state index is 12.1. The molecule has 1 saturated carbocycles. The fourth-order valence-corrected chi connectivity index (χ4v) is 4.36. The van der Waals surface area contributed by atoms with E-state index in [1.54, 1.807) is 0 Å². The molecule has 1 aliphatic heterocycles. The maximum Gasteiger partial charge on any atom is 0.323 e. The Morgan fingerprint density at radius 2 is 1.65 bits per heavy atom. The fraction of sp³-hybridized carbons (Fsp3) is 0.947. The van der Waals surface area contributed by atoms with E-state index in [1.165, 1.54) is 25.7 Å². The summed E-state index contributed by atoms with van der Waals surface area (Å²) in [6, 6.07) is 0.726. The molecule has 0 aromatic rings. The van der Waals surface area contributed by atoms with Crippen molar-refractivity contribution in [2.75, 3.05) is 32.8 Å². The molecule has 0 N–H and O–H groups in total. The number of hydrogen-bond acceptors (Lipinski definition) is 4. The van der Waals surface area contributed by atoms with Crippen LogP contribution in [0.25, 0.3) is 0 Å².